The van der Waals surface area contributed by atoms with Gasteiger partial charge in [0.05, 0.1) is 5.75 Å². The number of nitrogens with one attached hydrogen (secondary N) is 1. The lowest BCUT2D eigenvalue weighted by Crippen LogP contribution is -2.29. The number of carbonyl (C=O) groups is 1. The van der Waals surface area contributed by atoms with E-state index in [4.69, 9.17) is 5.11 Å². The molecular weight excluding hydrogens is 334 g/mol. The third-order valence-electron chi connectivity index (χ3n) is 2.51. The molecule has 0 saturated heterocycles. The van der Waals surface area contributed by atoms with E-state index in [0.29, 0.717) is 0 Å². The van der Waals surface area contributed by atoms with Gasteiger partial charge in [-0.1, -0.05) is 28.1 Å². The molecule has 0 spiro atoms. The van der Waals surface area contributed by atoms with Gasteiger partial charge in [-0.05, 0) is 31.0 Å². The molecule has 1 aromatic carbocycles. The van der Waals surface area contributed by atoms with E-state index in [1.165, 1.54) is 0 Å². The van der Waals surface area contributed by atoms with E-state index in [0.717, 1.165) is 10.0 Å². The molecule has 1 rings (SSSR count). The molecule has 0 saturated carbocycles. The number of aliphatic carboxylic acids is 1. The fraction of sp³-hybridized carbons (Fsp3) is 0.417. The Kier molecular flexibility index (Phi) is 5.96. The van der Waals surface area contributed by atoms with Gasteiger partial charge in [0.15, 0.2) is 0 Å². The van der Waals surface area contributed by atoms with Crippen molar-refractivity contribution in [2.75, 3.05) is 5.75 Å². The molecule has 0 unspecified atom stereocenters. The van der Waals surface area contributed by atoms with Crippen molar-refractivity contribution in [1.29, 1.82) is 0 Å². The number of carboxylic acids is 1. The number of hydrogen-bond acceptors (Lipinski definition) is 3. The summed E-state index contributed by atoms with van der Waals surface area (Å²) in [5.74, 6) is -1.17. The van der Waals surface area contributed by atoms with Crippen LogP contribution >= 0.6 is 15.9 Å². The van der Waals surface area contributed by atoms with Gasteiger partial charge in [-0.15, -0.1) is 0 Å². The molecular formula is C12H16BrNO4S. The van der Waals surface area contributed by atoms with Crippen LogP contribution in [0.4, 0.5) is 0 Å². The topological polar surface area (TPSA) is 83.5 Å². The van der Waals surface area contributed by atoms with E-state index in [-0.39, 0.29) is 24.6 Å². The minimum Gasteiger partial charge on any atom is -0.481 e. The van der Waals surface area contributed by atoms with Crippen LogP contribution in [0.25, 0.3) is 0 Å². The van der Waals surface area contributed by atoms with Gasteiger partial charge < -0.3 is 5.11 Å². The van der Waals surface area contributed by atoms with E-state index in [2.05, 4.69) is 20.7 Å². The Hall–Kier alpha value is -0.920. The highest BCUT2D eigenvalue weighted by Gasteiger charge is 2.16. The van der Waals surface area contributed by atoms with Crippen molar-refractivity contribution in [2.45, 2.75) is 25.8 Å². The minimum absolute atomic E-state index is 0.107. The van der Waals surface area contributed by atoms with Gasteiger partial charge in [0, 0.05) is 16.9 Å². The quantitative estimate of drug-likeness (QED) is 0.790. The van der Waals surface area contributed by atoms with Crippen LogP contribution in [0, 0.1) is 0 Å². The summed E-state index contributed by atoms with van der Waals surface area (Å²) in [6.07, 6.45) is -0.0396. The average Bonchev–Trinajstić information content (AvgIpc) is 2.27. The van der Waals surface area contributed by atoms with Crippen LogP contribution < -0.4 is 4.72 Å². The first-order chi connectivity index (χ1) is 8.80. The Balaban J connectivity index is 2.60. The number of carboxylic acid groups (broad SMARTS) is 1. The highest BCUT2D eigenvalue weighted by Crippen LogP contribution is 2.18. The van der Waals surface area contributed by atoms with Crippen LogP contribution in [0.3, 0.4) is 0 Å². The summed E-state index contributed by atoms with van der Waals surface area (Å²) < 4.78 is 26.9. The van der Waals surface area contributed by atoms with Crippen molar-refractivity contribution in [3.8, 4) is 0 Å². The normalized spacial score (nSPS) is 13.2. The zero-order valence-corrected chi connectivity index (χ0v) is 12.9. The molecule has 1 atom stereocenters. The van der Waals surface area contributed by atoms with Crippen molar-refractivity contribution in [3.63, 3.8) is 0 Å². The second kappa shape index (κ2) is 7.02. The SMILES string of the molecule is C[C@@H](NS(=O)(=O)CCCC(=O)O)c1cccc(Br)c1. The molecule has 7 heteroatoms. The zero-order chi connectivity index (χ0) is 14.5. The van der Waals surface area contributed by atoms with Gasteiger partial charge in [-0.25, -0.2) is 13.1 Å². The maximum absolute atomic E-state index is 11.8. The highest BCUT2D eigenvalue weighted by molar-refractivity contribution is 9.10. The van der Waals surface area contributed by atoms with Gasteiger partial charge in [-0.3, -0.25) is 4.79 Å². The molecule has 0 radical (unpaired) electrons. The maximum atomic E-state index is 11.8. The third kappa shape index (κ3) is 6.17. The van der Waals surface area contributed by atoms with E-state index in [1.54, 1.807) is 6.92 Å². The van der Waals surface area contributed by atoms with E-state index >= 15 is 0 Å². The van der Waals surface area contributed by atoms with Crippen LogP contribution in [0.2, 0.25) is 0 Å². The first-order valence-electron chi connectivity index (χ1n) is 5.77. The Morgan fingerprint density at radius 3 is 2.74 bits per heavy atom. The molecule has 0 aromatic heterocycles. The number of hydrogen-bond donors (Lipinski definition) is 2. The summed E-state index contributed by atoms with van der Waals surface area (Å²) in [6, 6.07) is 7.00. The molecule has 1 aromatic rings. The number of halogens is 1. The summed E-state index contributed by atoms with van der Waals surface area (Å²) >= 11 is 3.33. The van der Waals surface area contributed by atoms with E-state index < -0.39 is 16.0 Å². The second-order valence-corrected chi connectivity index (χ2v) is 7.00. The largest absolute Gasteiger partial charge is 0.481 e. The van der Waals surface area contributed by atoms with E-state index in [1.807, 2.05) is 24.3 Å². The maximum Gasteiger partial charge on any atom is 0.303 e. The van der Waals surface area contributed by atoms with Gasteiger partial charge in [0.2, 0.25) is 10.0 Å². The molecule has 0 heterocycles. The molecule has 106 valence electrons. The molecule has 0 aliphatic rings. The Morgan fingerprint density at radius 2 is 2.16 bits per heavy atom. The Bertz CT molecular complexity index is 544. The molecule has 0 bridgehead atoms. The van der Waals surface area contributed by atoms with Crippen LogP contribution in [0.1, 0.15) is 31.4 Å². The third-order valence-corrected chi connectivity index (χ3v) is 4.54. The highest BCUT2D eigenvalue weighted by atomic mass is 79.9. The summed E-state index contributed by atoms with van der Waals surface area (Å²) in [5.41, 5.74) is 0.844. The lowest BCUT2D eigenvalue weighted by atomic mass is 10.1. The van der Waals surface area contributed by atoms with Gasteiger partial charge in [0.25, 0.3) is 0 Å². The van der Waals surface area contributed by atoms with Gasteiger partial charge in [0.1, 0.15) is 0 Å². The number of rotatable bonds is 7. The smallest absolute Gasteiger partial charge is 0.303 e. The molecule has 19 heavy (non-hydrogen) atoms. The van der Waals surface area contributed by atoms with Crippen LogP contribution in [-0.2, 0) is 14.8 Å². The van der Waals surface area contributed by atoms with Crippen molar-refractivity contribution < 1.29 is 18.3 Å². The summed E-state index contributed by atoms with van der Waals surface area (Å²) in [5, 5.41) is 8.48. The zero-order valence-electron chi connectivity index (χ0n) is 10.5. The van der Waals surface area contributed by atoms with Crippen molar-refractivity contribution in [1.82, 2.24) is 4.72 Å². The fourth-order valence-electron chi connectivity index (χ4n) is 1.59. The van der Waals surface area contributed by atoms with Crippen molar-refractivity contribution >= 4 is 31.9 Å². The predicted molar refractivity (Wildman–Crippen MR) is 76.3 cm³/mol. The van der Waals surface area contributed by atoms with E-state index in [9.17, 15) is 13.2 Å². The molecule has 2 N–H and O–H groups in total. The van der Waals surface area contributed by atoms with Crippen molar-refractivity contribution in [2.24, 2.45) is 0 Å². The molecule has 0 aliphatic carbocycles. The molecule has 5 nitrogen and oxygen atoms in total. The lowest BCUT2D eigenvalue weighted by molar-refractivity contribution is -0.137. The first kappa shape index (κ1) is 16.1. The summed E-state index contributed by atoms with van der Waals surface area (Å²) in [4.78, 5) is 10.3. The van der Waals surface area contributed by atoms with Crippen molar-refractivity contribution in [3.05, 3.63) is 34.3 Å². The summed E-state index contributed by atoms with van der Waals surface area (Å²) in [7, 11) is -3.47. The predicted octanol–water partition coefficient (Wildman–Crippen LogP) is 2.29. The summed E-state index contributed by atoms with van der Waals surface area (Å²) in [6.45, 7) is 1.75. The average molecular weight is 350 g/mol. The lowest BCUT2D eigenvalue weighted by Gasteiger charge is -2.14. The number of benzene rings is 1. The monoisotopic (exact) mass is 349 g/mol. The van der Waals surface area contributed by atoms with Gasteiger partial charge in [-0.2, -0.15) is 0 Å². The van der Waals surface area contributed by atoms with Crippen LogP contribution in [0.15, 0.2) is 28.7 Å². The molecule has 0 amide bonds. The van der Waals surface area contributed by atoms with Crippen LogP contribution in [-0.4, -0.2) is 25.2 Å². The second-order valence-electron chi connectivity index (χ2n) is 4.21. The molecule has 0 fully saturated rings. The van der Waals surface area contributed by atoms with Crippen LogP contribution in [0.5, 0.6) is 0 Å². The Labute approximate surface area is 121 Å². The first-order valence-corrected chi connectivity index (χ1v) is 8.22. The Morgan fingerprint density at radius 1 is 1.47 bits per heavy atom. The fourth-order valence-corrected chi connectivity index (χ4v) is 3.32. The molecule has 0 aliphatic heterocycles. The minimum atomic E-state index is -3.47. The standard InChI is InChI=1S/C12H16BrNO4S/c1-9(10-4-2-5-11(13)8-10)14-19(17,18)7-3-6-12(15)16/h2,4-5,8-9,14H,3,6-7H2,1H3,(H,15,16)/t9-/m1/s1. The van der Waals surface area contributed by atoms with Gasteiger partial charge >= 0.3 is 5.97 Å². The number of sulfonamides is 1.